The molecule has 0 amide bonds. The van der Waals surface area contributed by atoms with Crippen molar-refractivity contribution in [2.75, 3.05) is 13.7 Å². The molecule has 0 saturated heterocycles. The van der Waals surface area contributed by atoms with Gasteiger partial charge >= 0.3 is 0 Å². The lowest BCUT2D eigenvalue weighted by atomic mass is 10.2. The van der Waals surface area contributed by atoms with Gasteiger partial charge < -0.3 is 9.47 Å². The fourth-order valence-electron chi connectivity index (χ4n) is 0.867. The highest BCUT2D eigenvalue weighted by atomic mass is 16.5. The molecule has 0 N–H and O–H groups in total. The molecule has 0 aromatic heterocycles. The van der Waals surface area contributed by atoms with Gasteiger partial charge in [-0.05, 0) is 6.08 Å². The highest BCUT2D eigenvalue weighted by molar-refractivity contribution is 5.70. The quantitative estimate of drug-likeness (QED) is 0.527. The van der Waals surface area contributed by atoms with Crippen molar-refractivity contribution >= 4 is 6.29 Å². The van der Waals surface area contributed by atoms with Crippen molar-refractivity contribution in [2.45, 2.75) is 12.5 Å². The molecule has 1 aliphatic rings. The first-order valence-electron chi connectivity index (χ1n) is 3.19. The van der Waals surface area contributed by atoms with Crippen molar-refractivity contribution in [3.63, 3.8) is 0 Å². The summed E-state index contributed by atoms with van der Waals surface area (Å²) in [5.74, 6) is 0.387. The monoisotopic (exact) mass is 142 g/mol. The summed E-state index contributed by atoms with van der Waals surface area (Å²) in [6, 6.07) is 0. The third-order valence-electron chi connectivity index (χ3n) is 1.44. The number of carbonyl (C=O) groups excluding carboxylic acids is 1. The number of hydrogen-bond donors (Lipinski definition) is 0. The number of hydrogen-bond acceptors (Lipinski definition) is 3. The molecule has 1 atom stereocenters. The van der Waals surface area contributed by atoms with E-state index >= 15 is 0 Å². The lowest BCUT2D eigenvalue weighted by molar-refractivity contribution is -0.108. The van der Waals surface area contributed by atoms with Gasteiger partial charge in [0.1, 0.15) is 0 Å². The Labute approximate surface area is 59.6 Å². The van der Waals surface area contributed by atoms with Gasteiger partial charge in [-0.2, -0.15) is 0 Å². The average Bonchev–Trinajstić information content (AvgIpc) is 2.05. The Morgan fingerprint density at radius 1 is 1.90 bits per heavy atom. The second-order valence-corrected chi connectivity index (χ2v) is 2.10. The highest BCUT2D eigenvalue weighted by Crippen LogP contribution is 2.10. The van der Waals surface area contributed by atoms with Crippen LogP contribution in [0.25, 0.3) is 0 Å². The largest absolute Gasteiger partial charge is 0.490 e. The molecule has 56 valence electrons. The molecule has 3 nitrogen and oxygen atoms in total. The first kappa shape index (κ1) is 7.28. The van der Waals surface area contributed by atoms with Crippen LogP contribution in [0.2, 0.25) is 0 Å². The molecule has 0 saturated carbocycles. The van der Waals surface area contributed by atoms with E-state index < -0.39 is 0 Å². The second-order valence-electron chi connectivity index (χ2n) is 2.10. The van der Waals surface area contributed by atoms with Crippen molar-refractivity contribution in [2.24, 2.45) is 0 Å². The zero-order chi connectivity index (χ0) is 7.40. The predicted octanol–water partition coefficient (Wildman–Crippen LogP) is 0.505. The van der Waals surface area contributed by atoms with E-state index in [1.165, 1.54) is 0 Å². The van der Waals surface area contributed by atoms with Crippen LogP contribution in [0.1, 0.15) is 6.42 Å². The maximum absolute atomic E-state index is 10.2. The molecular weight excluding hydrogens is 132 g/mol. The fourth-order valence-corrected chi connectivity index (χ4v) is 0.867. The Morgan fingerprint density at radius 3 is 3.30 bits per heavy atom. The zero-order valence-electron chi connectivity index (χ0n) is 5.87. The van der Waals surface area contributed by atoms with Gasteiger partial charge in [0, 0.05) is 13.5 Å². The van der Waals surface area contributed by atoms with Crippen LogP contribution in [-0.2, 0) is 14.3 Å². The zero-order valence-corrected chi connectivity index (χ0v) is 5.87. The minimum absolute atomic E-state index is 0.0500. The molecule has 3 heteroatoms. The van der Waals surface area contributed by atoms with Crippen LogP contribution in [0.3, 0.4) is 0 Å². The number of aldehydes is 1. The number of ether oxygens (including phenoxy) is 2. The van der Waals surface area contributed by atoms with Crippen LogP contribution < -0.4 is 0 Å². The van der Waals surface area contributed by atoms with Crippen molar-refractivity contribution in [3.05, 3.63) is 11.8 Å². The van der Waals surface area contributed by atoms with E-state index in [4.69, 9.17) is 9.47 Å². The third kappa shape index (κ3) is 1.57. The van der Waals surface area contributed by atoms with E-state index in [-0.39, 0.29) is 6.10 Å². The van der Waals surface area contributed by atoms with Crippen LogP contribution in [0, 0.1) is 0 Å². The molecule has 1 aliphatic heterocycles. The Kier molecular flexibility index (Phi) is 2.45. The van der Waals surface area contributed by atoms with Gasteiger partial charge in [-0.3, -0.25) is 4.79 Å². The summed E-state index contributed by atoms with van der Waals surface area (Å²) in [6.07, 6.45) is 3.27. The summed E-state index contributed by atoms with van der Waals surface area (Å²) in [7, 11) is 1.62. The average molecular weight is 142 g/mol. The van der Waals surface area contributed by atoms with Crippen molar-refractivity contribution < 1.29 is 14.3 Å². The lowest BCUT2D eigenvalue weighted by Gasteiger charge is -2.17. The summed E-state index contributed by atoms with van der Waals surface area (Å²) in [5.41, 5.74) is 0. The van der Waals surface area contributed by atoms with Gasteiger partial charge in [0.05, 0.1) is 12.7 Å². The molecule has 1 heterocycles. The Hall–Kier alpha value is -0.830. The second kappa shape index (κ2) is 3.37. The van der Waals surface area contributed by atoms with Gasteiger partial charge in [-0.15, -0.1) is 0 Å². The van der Waals surface area contributed by atoms with Gasteiger partial charge in [0.25, 0.3) is 0 Å². The molecule has 0 unspecified atom stereocenters. The molecule has 0 aromatic carbocycles. The molecule has 0 radical (unpaired) electrons. The van der Waals surface area contributed by atoms with E-state index in [0.29, 0.717) is 18.7 Å². The van der Waals surface area contributed by atoms with Crippen LogP contribution >= 0.6 is 0 Å². The first-order valence-corrected chi connectivity index (χ1v) is 3.19. The van der Waals surface area contributed by atoms with Crippen LogP contribution in [0.4, 0.5) is 0 Å². The summed E-state index contributed by atoms with van der Waals surface area (Å²) >= 11 is 0. The standard InChI is InChI=1S/C7H10O3/c1-9-6-2-3-10-7(4-6)5-8/h4-6H,2-3H2,1H3/t6-/m1/s1. The van der Waals surface area contributed by atoms with Gasteiger partial charge in [-0.25, -0.2) is 0 Å². The van der Waals surface area contributed by atoms with Crippen molar-refractivity contribution in [1.82, 2.24) is 0 Å². The maximum atomic E-state index is 10.2. The number of rotatable bonds is 2. The lowest BCUT2D eigenvalue weighted by Crippen LogP contribution is -2.17. The van der Waals surface area contributed by atoms with E-state index in [9.17, 15) is 4.79 Å². The molecule has 10 heavy (non-hydrogen) atoms. The summed E-state index contributed by atoms with van der Waals surface area (Å²) in [6.45, 7) is 0.572. The van der Waals surface area contributed by atoms with E-state index in [1.54, 1.807) is 13.2 Å². The number of allylic oxidation sites excluding steroid dienone is 1. The fraction of sp³-hybridized carbons (Fsp3) is 0.571. The Bertz CT molecular complexity index is 151. The van der Waals surface area contributed by atoms with Gasteiger partial charge in [0.2, 0.25) is 0 Å². The van der Waals surface area contributed by atoms with Crippen LogP contribution in [0.15, 0.2) is 11.8 Å². The molecule has 0 bridgehead atoms. The minimum atomic E-state index is 0.0500. The topological polar surface area (TPSA) is 35.5 Å². The molecule has 0 aliphatic carbocycles. The molecule has 0 fully saturated rings. The SMILES string of the molecule is CO[C@H]1C=C(C=O)OCC1. The summed E-state index contributed by atoms with van der Waals surface area (Å²) in [4.78, 5) is 10.2. The smallest absolute Gasteiger partial charge is 0.184 e. The van der Waals surface area contributed by atoms with E-state index in [2.05, 4.69) is 0 Å². The molecular formula is C7H10O3. The molecule has 0 aromatic rings. The summed E-state index contributed by atoms with van der Waals surface area (Å²) < 4.78 is 9.98. The highest BCUT2D eigenvalue weighted by Gasteiger charge is 2.12. The predicted molar refractivity (Wildman–Crippen MR) is 35.5 cm³/mol. The number of methoxy groups -OCH3 is 1. The van der Waals surface area contributed by atoms with Gasteiger partial charge in [0.15, 0.2) is 12.0 Å². The Morgan fingerprint density at radius 2 is 2.70 bits per heavy atom. The normalized spacial score (nSPS) is 24.9. The van der Waals surface area contributed by atoms with Crippen molar-refractivity contribution in [3.8, 4) is 0 Å². The molecule has 0 spiro atoms. The first-order chi connectivity index (χ1) is 4.86. The minimum Gasteiger partial charge on any atom is -0.490 e. The number of carbonyl (C=O) groups is 1. The van der Waals surface area contributed by atoms with E-state index in [0.717, 1.165) is 6.42 Å². The van der Waals surface area contributed by atoms with Crippen molar-refractivity contribution in [1.29, 1.82) is 0 Å². The Balaban J connectivity index is 2.56. The molecule has 1 rings (SSSR count). The summed E-state index contributed by atoms with van der Waals surface area (Å²) in [5, 5.41) is 0. The third-order valence-corrected chi connectivity index (χ3v) is 1.44. The van der Waals surface area contributed by atoms with E-state index in [1.807, 2.05) is 0 Å². The van der Waals surface area contributed by atoms with Crippen LogP contribution in [-0.4, -0.2) is 26.1 Å². The van der Waals surface area contributed by atoms with Gasteiger partial charge in [-0.1, -0.05) is 0 Å². The van der Waals surface area contributed by atoms with Crippen LogP contribution in [0.5, 0.6) is 0 Å². The maximum Gasteiger partial charge on any atom is 0.184 e.